The van der Waals surface area contributed by atoms with Crippen molar-refractivity contribution in [2.75, 3.05) is 32.8 Å². The van der Waals surface area contributed by atoms with Gasteiger partial charge in [-0.2, -0.15) is 0 Å². The van der Waals surface area contributed by atoms with Gasteiger partial charge in [-0.25, -0.2) is 0 Å². The average molecular weight is 290 g/mol. The summed E-state index contributed by atoms with van der Waals surface area (Å²) in [6.45, 7) is 11.5. The fourth-order valence-electron chi connectivity index (χ4n) is 3.04. The number of rotatable bonds is 7. The van der Waals surface area contributed by atoms with Crippen molar-refractivity contribution >= 4 is 0 Å². The molecule has 1 heterocycles. The van der Waals surface area contributed by atoms with Gasteiger partial charge in [-0.15, -0.1) is 0 Å². The van der Waals surface area contributed by atoms with Crippen LogP contribution < -0.4 is 5.32 Å². The SMILES string of the molecule is CCOCCN1CC(C)(CC)NCC1Cc1ccccc1. The third-order valence-electron chi connectivity index (χ3n) is 4.65. The Morgan fingerprint density at radius 2 is 2.05 bits per heavy atom. The van der Waals surface area contributed by atoms with Gasteiger partial charge in [0.25, 0.3) is 0 Å². The third-order valence-corrected chi connectivity index (χ3v) is 4.65. The molecule has 1 aliphatic rings. The fourth-order valence-corrected chi connectivity index (χ4v) is 3.04. The molecule has 2 atom stereocenters. The molecule has 0 radical (unpaired) electrons. The molecule has 3 nitrogen and oxygen atoms in total. The predicted octanol–water partition coefficient (Wildman–Crippen LogP) is 2.71. The van der Waals surface area contributed by atoms with Gasteiger partial charge in [0.2, 0.25) is 0 Å². The summed E-state index contributed by atoms with van der Waals surface area (Å²) < 4.78 is 5.57. The van der Waals surface area contributed by atoms with Crippen LogP contribution in [-0.2, 0) is 11.2 Å². The highest BCUT2D eigenvalue weighted by Gasteiger charge is 2.34. The lowest BCUT2D eigenvalue weighted by molar-refractivity contribution is 0.0469. The summed E-state index contributed by atoms with van der Waals surface area (Å²) >= 11 is 0. The van der Waals surface area contributed by atoms with Crippen LogP contribution in [0.1, 0.15) is 32.8 Å². The molecule has 1 aromatic carbocycles. The molecule has 118 valence electrons. The van der Waals surface area contributed by atoms with Crippen molar-refractivity contribution in [2.24, 2.45) is 0 Å². The minimum absolute atomic E-state index is 0.236. The molecule has 1 fully saturated rings. The molecular formula is C18H30N2O. The molecule has 0 saturated carbocycles. The Bertz CT molecular complexity index is 409. The first kappa shape index (κ1) is 16.5. The number of ether oxygens (including phenoxy) is 1. The molecule has 0 bridgehead atoms. The topological polar surface area (TPSA) is 24.5 Å². The molecule has 1 aliphatic heterocycles. The van der Waals surface area contributed by atoms with Gasteiger partial charge in [0.15, 0.2) is 0 Å². The minimum Gasteiger partial charge on any atom is -0.380 e. The highest BCUT2D eigenvalue weighted by Crippen LogP contribution is 2.21. The Labute approximate surface area is 129 Å². The fraction of sp³-hybridized carbons (Fsp3) is 0.667. The van der Waals surface area contributed by atoms with Crippen molar-refractivity contribution in [1.82, 2.24) is 10.2 Å². The van der Waals surface area contributed by atoms with Crippen molar-refractivity contribution in [3.05, 3.63) is 35.9 Å². The van der Waals surface area contributed by atoms with E-state index in [1.807, 2.05) is 0 Å². The van der Waals surface area contributed by atoms with Gasteiger partial charge in [0, 0.05) is 37.8 Å². The zero-order valence-corrected chi connectivity index (χ0v) is 13.8. The normalized spacial score (nSPS) is 26.9. The Morgan fingerprint density at radius 3 is 2.71 bits per heavy atom. The molecule has 2 rings (SSSR count). The van der Waals surface area contributed by atoms with Crippen LogP contribution in [0.15, 0.2) is 30.3 Å². The van der Waals surface area contributed by atoms with Crippen LogP contribution in [0.2, 0.25) is 0 Å². The second kappa shape index (κ2) is 7.92. The van der Waals surface area contributed by atoms with Crippen LogP contribution in [0.25, 0.3) is 0 Å². The zero-order valence-electron chi connectivity index (χ0n) is 13.8. The minimum atomic E-state index is 0.236. The lowest BCUT2D eigenvalue weighted by atomic mass is 9.91. The molecule has 21 heavy (non-hydrogen) atoms. The summed E-state index contributed by atoms with van der Waals surface area (Å²) in [6.07, 6.45) is 2.27. The molecule has 0 amide bonds. The largest absolute Gasteiger partial charge is 0.380 e. The molecule has 0 aromatic heterocycles. The quantitative estimate of drug-likeness (QED) is 0.782. The molecule has 1 N–H and O–H groups in total. The van der Waals surface area contributed by atoms with Crippen LogP contribution >= 0.6 is 0 Å². The first-order valence-electron chi connectivity index (χ1n) is 8.27. The monoisotopic (exact) mass is 290 g/mol. The predicted molar refractivity (Wildman–Crippen MR) is 88.7 cm³/mol. The molecule has 1 saturated heterocycles. The maximum absolute atomic E-state index is 5.57. The molecule has 1 aromatic rings. The summed E-state index contributed by atoms with van der Waals surface area (Å²) in [7, 11) is 0. The van der Waals surface area contributed by atoms with Gasteiger partial charge in [0.1, 0.15) is 0 Å². The van der Waals surface area contributed by atoms with Crippen molar-refractivity contribution < 1.29 is 4.74 Å². The summed E-state index contributed by atoms with van der Waals surface area (Å²) in [4.78, 5) is 2.61. The number of hydrogen-bond donors (Lipinski definition) is 1. The molecular weight excluding hydrogens is 260 g/mol. The van der Waals surface area contributed by atoms with Gasteiger partial charge in [0.05, 0.1) is 6.61 Å². The van der Waals surface area contributed by atoms with Gasteiger partial charge < -0.3 is 10.1 Å². The number of piperazine rings is 1. The molecule has 0 spiro atoms. The van der Waals surface area contributed by atoms with E-state index in [4.69, 9.17) is 4.74 Å². The van der Waals surface area contributed by atoms with Crippen molar-refractivity contribution in [2.45, 2.75) is 45.2 Å². The molecule has 3 heteroatoms. The highest BCUT2D eigenvalue weighted by atomic mass is 16.5. The maximum atomic E-state index is 5.57. The van der Waals surface area contributed by atoms with Crippen LogP contribution in [0.4, 0.5) is 0 Å². The Balaban J connectivity index is 1.99. The average Bonchev–Trinajstić information content (AvgIpc) is 2.51. The van der Waals surface area contributed by atoms with E-state index in [9.17, 15) is 0 Å². The smallest absolute Gasteiger partial charge is 0.0593 e. The van der Waals surface area contributed by atoms with E-state index in [-0.39, 0.29) is 5.54 Å². The van der Waals surface area contributed by atoms with E-state index in [2.05, 4.69) is 61.3 Å². The van der Waals surface area contributed by atoms with E-state index >= 15 is 0 Å². The Kier molecular flexibility index (Phi) is 6.22. The van der Waals surface area contributed by atoms with E-state index in [1.165, 1.54) is 5.56 Å². The standard InChI is InChI=1S/C18H30N2O/c1-4-18(3)15-20(11-12-21-5-2)17(14-19-18)13-16-9-7-6-8-10-16/h6-10,17,19H,4-5,11-15H2,1-3H3. The van der Waals surface area contributed by atoms with E-state index in [0.717, 1.165) is 45.7 Å². The molecule has 2 unspecified atom stereocenters. The maximum Gasteiger partial charge on any atom is 0.0593 e. The van der Waals surface area contributed by atoms with Crippen molar-refractivity contribution in [3.8, 4) is 0 Å². The van der Waals surface area contributed by atoms with Crippen LogP contribution in [0.3, 0.4) is 0 Å². The van der Waals surface area contributed by atoms with Crippen LogP contribution in [0.5, 0.6) is 0 Å². The van der Waals surface area contributed by atoms with E-state index in [1.54, 1.807) is 0 Å². The van der Waals surface area contributed by atoms with Gasteiger partial charge in [-0.05, 0) is 32.3 Å². The third kappa shape index (κ3) is 4.80. The highest BCUT2D eigenvalue weighted by molar-refractivity contribution is 5.16. The number of hydrogen-bond acceptors (Lipinski definition) is 3. The zero-order chi connectivity index (χ0) is 15.1. The molecule has 0 aliphatic carbocycles. The van der Waals surface area contributed by atoms with E-state index < -0.39 is 0 Å². The summed E-state index contributed by atoms with van der Waals surface area (Å²) in [5, 5.41) is 3.75. The van der Waals surface area contributed by atoms with Crippen molar-refractivity contribution in [3.63, 3.8) is 0 Å². The Morgan fingerprint density at radius 1 is 1.29 bits per heavy atom. The number of nitrogens with zero attached hydrogens (tertiary/aromatic N) is 1. The number of nitrogens with one attached hydrogen (secondary N) is 1. The first-order valence-corrected chi connectivity index (χ1v) is 8.27. The lowest BCUT2D eigenvalue weighted by Gasteiger charge is -2.46. The van der Waals surface area contributed by atoms with Gasteiger partial charge in [-0.3, -0.25) is 4.90 Å². The van der Waals surface area contributed by atoms with Crippen molar-refractivity contribution in [1.29, 1.82) is 0 Å². The first-order chi connectivity index (χ1) is 10.2. The Hall–Kier alpha value is -0.900. The van der Waals surface area contributed by atoms with Crippen LogP contribution in [0, 0.1) is 0 Å². The second-order valence-corrected chi connectivity index (χ2v) is 6.31. The van der Waals surface area contributed by atoms with E-state index in [0.29, 0.717) is 6.04 Å². The van der Waals surface area contributed by atoms with Crippen LogP contribution in [-0.4, -0.2) is 49.3 Å². The lowest BCUT2D eigenvalue weighted by Crippen LogP contribution is -2.63. The summed E-state index contributed by atoms with van der Waals surface area (Å²) in [5.74, 6) is 0. The second-order valence-electron chi connectivity index (χ2n) is 6.31. The summed E-state index contributed by atoms with van der Waals surface area (Å²) in [5.41, 5.74) is 1.66. The van der Waals surface area contributed by atoms with Gasteiger partial charge in [-0.1, -0.05) is 37.3 Å². The van der Waals surface area contributed by atoms with Gasteiger partial charge >= 0.3 is 0 Å². The number of benzene rings is 1. The summed E-state index contributed by atoms with van der Waals surface area (Å²) in [6, 6.07) is 11.4.